The van der Waals surface area contributed by atoms with E-state index in [2.05, 4.69) is 19.7 Å². The molecule has 126 valence electrons. The Balaban J connectivity index is 1.24. The fraction of sp³-hybridized carbons (Fsp3) is 0.579. The summed E-state index contributed by atoms with van der Waals surface area (Å²) in [5, 5.41) is 9.06. The van der Waals surface area contributed by atoms with Crippen LogP contribution in [0.15, 0.2) is 30.3 Å². The van der Waals surface area contributed by atoms with Crippen molar-refractivity contribution in [3.63, 3.8) is 0 Å². The average Bonchev–Trinajstić information content (AvgIpc) is 3.53. The van der Waals surface area contributed by atoms with Crippen molar-refractivity contribution in [1.29, 1.82) is 0 Å². The monoisotopic (exact) mass is 324 g/mol. The second kappa shape index (κ2) is 5.88. The minimum absolute atomic E-state index is 0.285. The van der Waals surface area contributed by atoms with Crippen LogP contribution in [-0.2, 0) is 6.54 Å². The normalized spacial score (nSPS) is 24.4. The molecule has 0 radical (unpaired) electrons. The van der Waals surface area contributed by atoms with Gasteiger partial charge in [0.25, 0.3) is 0 Å². The van der Waals surface area contributed by atoms with Crippen LogP contribution in [0.25, 0.3) is 0 Å². The second-order valence-electron chi connectivity index (χ2n) is 7.43. The summed E-state index contributed by atoms with van der Waals surface area (Å²) >= 11 is 0. The summed E-state index contributed by atoms with van der Waals surface area (Å²) in [6.07, 6.45) is 6.55. The van der Waals surface area contributed by atoms with E-state index in [-0.39, 0.29) is 6.10 Å². The maximum atomic E-state index is 6.10. The maximum Gasteiger partial charge on any atom is 0.147 e. The van der Waals surface area contributed by atoms with Crippen LogP contribution in [0.3, 0.4) is 0 Å². The Hall–Kier alpha value is -1.88. The predicted molar refractivity (Wildman–Crippen MR) is 91.0 cm³/mol. The molecule has 1 unspecified atom stereocenters. The highest BCUT2D eigenvalue weighted by Gasteiger charge is 2.37. The summed E-state index contributed by atoms with van der Waals surface area (Å²) < 4.78 is 8.56. The smallest absolute Gasteiger partial charge is 0.147 e. The van der Waals surface area contributed by atoms with E-state index in [9.17, 15) is 0 Å². The van der Waals surface area contributed by atoms with Crippen LogP contribution in [0.5, 0.6) is 5.75 Å². The molecule has 2 heterocycles. The van der Waals surface area contributed by atoms with Crippen molar-refractivity contribution in [3.8, 4) is 5.75 Å². The quantitative estimate of drug-likeness (QED) is 0.819. The van der Waals surface area contributed by atoms with Crippen LogP contribution in [0.1, 0.15) is 55.7 Å². The number of rotatable bonds is 6. The van der Waals surface area contributed by atoms with Gasteiger partial charge in [-0.2, -0.15) is 0 Å². The minimum Gasteiger partial charge on any atom is -0.489 e. The zero-order valence-electron chi connectivity index (χ0n) is 14.0. The van der Waals surface area contributed by atoms with Crippen LogP contribution >= 0.6 is 0 Å². The number of hydrogen-bond donors (Lipinski definition) is 0. The van der Waals surface area contributed by atoms with Gasteiger partial charge in [-0.3, -0.25) is 4.90 Å². The van der Waals surface area contributed by atoms with E-state index >= 15 is 0 Å². The lowest BCUT2D eigenvalue weighted by atomic mass is 10.3. The van der Waals surface area contributed by atoms with Crippen LogP contribution in [0, 0.1) is 0 Å². The van der Waals surface area contributed by atoms with E-state index in [1.165, 1.54) is 37.3 Å². The fourth-order valence-corrected chi connectivity index (χ4v) is 3.72. The number of ether oxygens (including phenoxy) is 1. The molecule has 5 rings (SSSR count). The molecule has 2 saturated carbocycles. The van der Waals surface area contributed by atoms with E-state index in [1.54, 1.807) is 0 Å². The SMILES string of the molecule is c1ccc(OC2CCN(Cc3nnc(C4CC4)n3C3CC3)C2)cc1. The zero-order valence-corrected chi connectivity index (χ0v) is 14.0. The summed E-state index contributed by atoms with van der Waals surface area (Å²) in [6.45, 7) is 2.96. The number of benzene rings is 1. The van der Waals surface area contributed by atoms with Gasteiger partial charge < -0.3 is 9.30 Å². The third kappa shape index (κ3) is 2.93. The van der Waals surface area contributed by atoms with Gasteiger partial charge in [0, 0.05) is 25.0 Å². The first-order chi connectivity index (χ1) is 11.9. The molecule has 0 bridgehead atoms. The maximum absolute atomic E-state index is 6.10. The summed E-state index contributed by atoms with van der Waals surface area (Å²) in [5.41, 5.74) is 0. The van der Waals surface area contributed by atoms with Gasteiger partial charge in [-0.25, -0.2) is 0 Å². The van der Waals surface area contributed by atoms with Crippen molar-refractivity contribution < 1.29 is 4.74 Å². The van der Waals surface area contributed by atoms with E-state index in [4.69, 9.17) is 4.74 Å². The molecule has 2 aliphatic carbocycles. The van der Waals surface area contributed by atoms with Crippen LogP contribution in [-0.4, -0.2) is 38.9 Å². The summed E-state index contributed by atoms with van der Waals surface area (Å²) in [7, 11) is 0. The lowest BCUT2D eigenvalue weighted by Gasteiger charge is -2.17. The highest BCUT2D eigenvalue weighted by Crippen LogP contribution is 2.44. The molecular formula is C19H24N4O. The molecule has 1 aromatic heterocycles. The minimum atomic E-state index is 0.285. The lowest BCUT2D eigenvalue weighted by Crippen LogP contribution is -2.26. The summed E-state index contributed by atoms with van der Waals surface area (Å²) in [4.78, 5) is 2.47. The molecule has 0 spiro atoms. The van der Waals surface area contributed by atoms with Crippen molar-refractivity contribution in [3.05, 3.63) is 42.0 Å². The van der Waals surface area contributed by atoms with Gasteiger partial charge in [-0.05, 0) is 44.2 Å². The highest BCUT2D eigenvalue weighted by molar-refractivity contribution is 5.21. The number of hydrogen-bond acceptors (Lipinski definition) is 4. The average molecular weight is 324 g/mol. The van der Waals surface area contributed by atoms with Gasteiger partial charge >= 0.3 is 0 Å². The van der Waals surface area contributed by atoms with Crippen molar-refractivity contribution >= 4 is 0 Å². The Labute approximate surface area is 142 Å². The molecule has 1 aromatic carbocycles. The van der Waals surface area contributed by atoms with Gasteiger partial charge in [-0.1, -0.05) is 18.2 Å². The van der Waals surface area contributed by atoms with Crippen molar-refractivity contribution in [2.45, 2.75) is 56.7 Å². The van der Waals surface area contributed by atoms with E-state index in [0.717, 1.165) is 31.8 Å². The molecule has 1 saturated heterocycles. The molecular weight excluding hydrogens is 300 g/mol. The first-order valence-electron chi connectivity index (χ1n) is 9.24. The number of nitrogens with zero attached hydrogens (tertiary/aromatic N) is 4. The van der Waals surface area contributed by atoms with Crippen molar-refractivity contribution in [2.24, 2.45) is 0 Å². The molecule has 3 aliphatic rings. The van der Waals surface area contributed by atoms with E-state index in [0.29, 0.717) is 12.0 Å². The third-order valence-electron chi connectivity index (χ3n) is 5.29. The van der Waals surface area contributed by atoms with Gasteiger partial charge in [0.1, 0.15) is 23.5 Å². The number of aromatic nitrogens is 3. The standard InChI is InChI=1S/C19H24N4O/c1-2-4-16(5-3-1)24-17-10-11-22(12-17)13-18-20-21-19(14-6-7-14)23(18)15-8-9-15/h1-5,14-15,17H,6-13H2. The third-order valence-corrected chi connectivity index (χ3v) is 5.29. The molecule has 5 heteroatoms. The molecule has 0 amide bonds. The molecule has 1 aliphatic heterocycles. The highest BCUT2D eigenvalue weighted by atomic mass is 16.5. The van der Waals surface area contributed by atoms with Gasteiger partial charge in [-0.15, -0.1) is 10.2 Å². The fourth-order valence-electron chi connectivity index (χ4n) is 3.72. The van der Waals surface area contributed by atoms with E-state index in [1.807, 2.05) is 30.3 Å². The zero-order chi connectivity index (χ0) is 15.9. The molecule has 0 N–H and O–H groups in total. The summed E-state index contributed by atoms with van der Waals surface area (Å²) in [6, 6.07) is 10.8. The molecule has 3 fully saturated rings. The van der Waals surface area contributed by atoms with Gasteiger partial charge in [0.2, 0.25) is 0 Å². The lowest BCUT2D eigenvalue weighted by molar-refractivity contribution is 0.196. The Morgan fingerprint density at radius 2 is 1.83 bits per heavy atom. The van der Waals surface area contributed by atoms with Gasteiger partial charge in [0.05, 0.1) is 6.54 Å². The number of para-hydroxylation sites is 1. The second-order valence-corrected chi connectivity index (χ2v) is 7.43. The van der Waals surface area contributed by atoms with Crippen molar-refractivity contribution in [2.75, 3.05) is 13.1 Å². The van der Waals surface area contributed by atoms with E-state index < -0.39 is 0 Å². The van der Waals surface area contributed by atoms with Crippen LogP contribution < -0.4 is 4.74 Å². The Kier molecular flexibility index (Phi) is 3.55. The number of likely N-dealkylation sites (tertiary alicyclic amines) is 1. The molecule has 5 nitrogen and oxygen atoms in total. The first-order valence-corrected chi connectivity index (χ1v) is 9.24. The Morgan fingerprint density at radius 3 is 2.58 bits per heavy atom. The van der Waals surface area contributed by atoms with Crippen LogP contribution in [0.2, 0.25) is 0 Å². The topological polar surface area (TPSA) is 43.2 Å². The first kappa shape index (κ1) is 14.5. The molecule has 24 heavy (non-hydrogen) atoms. The Bertz CT molecular complexity index is 705. The largest absolute Gasteiger partial charge is 0.489 e. The Morgan fingerprint density at radius 1 is 1.00 bits per heavy atom. The summed E-state index contributed by atoms with van der Waals surface area (Å²) in [5.74, 6) is 4.07. The van der Waals surface area contributed by atoms with Crippen molar-refractivity contribution in [1.82, 2.24) is 19.7 Å². The van der Waals surface area contributed by atoms with Crippen LogP contribution in [0.4, 0.5) is 0 Å². The van der Waals surface area contributed by atoms with Gasteiger partial charge in [0.15, 0.2) is 0 Å². The predicted octanol–water partition coefficient (Wildman–Crippen LogP) is 3.14. The molecule has 1 atom stereocenters. The molecule has 2 aromatic rings.